The maximum Gasteiger partial charge on any atom is 0.244 e. The highest BCUT2D eigenvalue weighted by atomic mass is 16.6. The first kappa shape index (κ1) is 13.3. The molecule has 2 heterocycles. The normalized spacial score (nSPS) is 13.3. The van der Waals surface area contributed by atoms with Crippen LogP contribution in [0.25, 0.3) is 6.08 Å². The third-order valence-electron chi connectivity index (χ3n) is 3.01. The molecule has 0 fully saturated rings. The first-order valence-electron chi connectivity index (χ1n) is 6.69. The Morgan fingerprint density at radius 3 is 2.86 bits per heavy atom. The number of rotatable bonds is 4. The van der Waals surface area contributed by atoms with Crippen molar-refractivity contribution in [3.8, 4) is 11.5 Å². The van der Waals surface area contributed by atoms with Crippen LogP contribution in [0.1, 0.15) is 11.3 Å². The molecular weight excluding hydrogens is 270 g/mol. The topological polar surface area (TPSA) is 60.7 Å². The second-order valence-electron chi connectivity index (χ2n) is 4.53. The van der Waals surface area contributed by atoms with E-state index in [2.05, 4.69) is 5.32 Å². The third kappa shape index (κ3) is 3.45. The van der Waals surface area contributed by atoms with E-state index in [0.717, 1.165) is 17.1 Å². The molecule has 1 N–H and O–H groups in total. The fraction of sp³-hybridized carbons (Fsp3) is 0.188. The molecule has 0 radical (unpaired) electrons. The summed E-state index contributed by atoms with van der Waals surface area (Å²) in [6, 6.07) is 9.17. The third-order valence-corrected chi connectivity index (χ3v) is 3.01. The van der Waals surface area contributed by atoms with Gasteiger partial charge in [-0.2, -0.15) is 0 Å². The fourth-order valence-corrected chi connectivity index (χ4v) is 1.98. The molecule has 0 aliphatic carbocycles. The molecule has 0 bridgehead atoms. The highest BCUT2D eigenvalue weighted by Gasteiger charge is 2.10. The average Bonchev–Trinajstić information content (AvgIpc) is 3.04. The second-order valence-corrected chi connectivity index (χ2v) is 4.53. The minimum absolute atomic E-state index is 0.179. The minimum atomic E-state index is -0.179. The van der Waals surface area contributed by atoms with Crippen LogP contribution in [0, 0.1) is 0 Å². The van der Waals surface area contributed by atoms with Crippen LogP contribution >= 0.6 is 0 Å². The summed E-state index contributed by atoms with van der Waals surface area (Å²) < 4.78 is 16.1. The van der Waals surface area contributed by atoms with E-state index in [-0.39, 0.29) is 5.91 Å². The number of hydrogen-bond donors (Lipinski definition) is 1. The van der Waals surface area contributed by atoms with Gasteiger partial charge in [0.25, 0.3) is 0 Å². The van der Waals surface area contributed by atoms with E-state index in [4.69, 9.17) is 13.9 Å². The van der Waals surface area contributed by atoms with Crippen LogP contribution in [-0.4, -0.2) is 19.1 Å². The lowest BCUT2D eigenvalue weighted by molar-refractivity contribution is -0.116. The quantitative estimate of drug-likeness (QED) is 0.876. The lowest BCUT2D eigenvalue weighted by Crippen LogP contribution is -2.19. The highest BCUT2D eigenvalue weighted by Crippen LogP contribution is 2.30. The largest absolute Gasteiger partial charge is 0.486 e. The smallest absolute Gasteiger partial charge is 0.244 e. The predicted molar refractivity (Wildman–Crippen MR) is 77.0 cm³/mol. The Balaban J connectivity index is 1.59. The van der Waals surface area contributed by atoms with Crippen molar-refractivity contribution >= 4 is 12.0 Å². The Labute approximate surface area is 122 Å². The van der Waals surface area contributed by atoms with E-state index in [0.29, 0.717) is 25.5 Å². The highest BCUT2D eigenvalue weighted by molar-refractivity contribution is 5.91. The number of hydrogen-bond acceptors (Lipinski definition) is 4. The van der Waals surface area contributed by atoms with Crippen LogP contribution in [0.5, 0.6) is 11.5 Å². The zero-order valence-corrected chi connectivity index (χ0v) is 11.4. The SMILES string of the molecule is O=C(/C=C/c1ccc2c(c1)OCCO2)NCc1ccco1. The lowest BCUT2D eigenvalue weighted by atomic mass is 10.2. The van der Waals surface area contributed by atoms with Crippen molar-refractivity contribution in [2.45, 2.75) is 6.54 Å². The zero-order chi connectivity index (χ0) is 14.5. The van der Waals surface area contributed by atoms with E-state index in [1.807, 2.05) is 24.3 Å². The number of benzene rings is 1. The average molecular weight is 285 g/mol. The van der Waals surface area contributed by atoms with E-state index < -0.39 is 0 Å². The number of nitrogens with one attached hydrogen (secondary N) is 1. The minimum Gasteiger partial charge on any atom is -0.486 e. The number of carbonyl (C=O) groups is 1. The molecule has 1 aromatic carbocycles. The molecule has 21 heavy (non-hydrogen) atoms. The summed E-state index contributed by atoms with van der Waals surface area (Å²) in [6.07, 6.45) is 4.79. The lowest BCUT2D eigenvalue weighted by Gasteiger charge is -2.18. The molecule has 5 heteroatoms. The van der Waals surface area contributed by atoms with Crippen molar-refractivity contribution in [2.75, 3.05) is 13.2 Å². The fourth-order valence-electron chi connectivity index (χ4n) is 1.98. The molecule has 0 saturated heterocycles. The van der Waals surface area contributed by atoms with Gasteiger partial charge >= 0.3 is 0 Å². The van der Waals surface area contributed by atoms with E-state index in [9.17, 15) is 4.79 Å². The monoisotopic (exact) mass is 285 g/mol. The van der Waals surface area contributed by atoms with Crippen LogP contribution in [0.2, 0.25) is 0 Å². The standard InChI is InChI=1S/C16H15NO4/c18-16(17-11-13-2-1-7-19-13)6-4-12-3-5-14-15(10-12)21-9-8-20-14/h1-7,10H,8-9,11H2,(H,17,18)/b6-4+. The Morgan fingerprint density at radius 1 is 1.19 bits per heavy atom. The zero-order valence-electron chi connectivity index (χ0n) is 11.4. The van der Waals surface area contributed by atoms with Crippen LogP contribution in [0.15, 0.2) is 47.1 Å². The summed E-state index contributed by atoms with van der Waals surface area (Å²) in [5, 5.41) is 2.74. The van der Waals surface area contributed by atoms with Gasteiger partial charge in [0.2, 0.25) is 5.91 Å². The Morgan fingerprint density at radius 2 is 2.05 bits per heavy atom. The first-order chi connectivity index (χ1) is 10.3. The van der Waals surface area contributed by atoms with Crippen molar-refractivity contribution in [1.29, 1.82) is 0 Å². The maximum atomic E-state index is 11.7. The molecule has 3 rings (SSSR count). The van der Waals surface area contributed by atoms with Gasteiger partial charge in [0.15, 0.2) is 11.5 Å². The molecule has 1 aliphatic rings. The predicted octanol–water partition coefficient (Wildman–Crippen LogP) is 2.38. The van der Waals surface area contributed by atoms with Crippen LogP contribution < -0.4 is 14.8 Å². The van der Waals surface area contributed by atoms with Gasteiger partial charge in [-0.3, -0.25) is 4.79 Å². The molecule has 108 valence electrons. The Kier molecular flexibility index (Phi) is 3.91. The maximum absolute atomic E-state index is 11.7. The van der Waals surface area contributed by atoms with Crippen molar-refractivity contribution in [1.82, 2.24) is 5.32 Å². The summed E-state index contributed by atoms with van der Waals surface area (Å²) in [6.45, 7) is 1.48. The first-order valence-corrected chi connectivity index (χ1v) is 6.69. The molecule has 5 nitrogen and oxygen atoms in total. The summed E-state index contributed by atoms with van der Waals surface area (Å²) >= 11 is 0. The van der Waals surface area contributed by atoms with E-state index >= 15 is 0 Å². The van der Waals surface area contributed by atoms with Gasteiger partial charge in [-0.05, 0) is 35.9 Å². The van der Waals surface area contributed by atoms with Gasteiger partial charge in [-0.15, -0.1) is 0 Å². The van der Waals surface area contributed by atoms with Crippen molar-refractivity contribution < 1.29 is 18.7 Å². The molecule has 0 spiro atoms. The summed E-state index contributed by atoms with van der Waals surface area (Å²) in [4.78, 5) is 11.7. The summed E-state index contributed by atoms with van der Waals surface area (Å²) in [7, 11) is 0. The Hall–Kier alpha value is -2.69. The van der Waals surface area contributed by atoms with Gasteiger partial charge in [0.05, 0.1) is 12.8 Å². The molecule has 0 atom stereocenters. The van der Waals surface area contributed by atoms with Gasteiger partial charge in [0, 0.05) is 6.08 Å². The molecule has 1 aliphatic heterocycles. The molecule has 1 amide bonds. The number of amides is 1. The number of furan rings is 1. The molecule has 1 aromatic heterocycles. The van der Waals surface area contributed by atoms with E-state index in [1.165, 1.54) is 6.08 Å². The second kappa shape index (κ2) is 6.17. The van der Waals surface area contributed by atoms with Crippen LogP contribution in [0.4, 0.5) is 0 Å². The van der Waals surface area contributed by atoms with Crippen molar-refractivity contribution in [3.05, 3.63) is 54.0 Å². The van der Waals surface area contributed by atoms with Crippen LogP contribution in [-0.2, 0) is 11.3 Å². The molecule has 2 aromatic rings. The molecule has 0 saturated carbocycles. The van der Waals surface area contributed by atoms with Crippen LogP contribution in [0.3, 0.4) is 0 Å². The molecular formula is C16H15NO4. The number of ether oxygens (including phenoxy) is 2. The Bertz CT molecular complexity index is 646. The number of fused-ring (bicyclic) bond motifs is 1. The van der Waals surface area contributed by atoms with Gasteiger partial charge < -0.3 is 19.2 Å². The molecule has 0 unspecified atom stereocenters. The van der Waals surface area contributed by atoms with Gasteiger partial charge in [0.1, 0.15) is 19.0 Å². The van der Waals surface area contributed by atoms with Crippen molar-refractivity contribution in [3.63, 3.8) is 0 Å². The summed E-state index contributed by atoms with van der Waals surface area (Å²) in [5.74, 6) is 1.98. The van der Waals surface area contributed by atoms with Gasteiger partial charge in [-0.25, -0.2) is 0 Å². The van der Waals surface area contributed by atoms with Crippen molar-refractivity contribution in [2.24, 2.45) is 0 Å². The summed E-state index contributed by atoms with van der Waals surface area (Å²) in [5.41, 5.74) is 0.882. The van der Waals surface area contributed by atoms with Gasteiger partial charge in [-0.1, -0.05) is 6.07 Å². The van der Waals surface area contributed by atoms with E-state index in [1.54, 1.807) is 18.4 Å². The number of carbonyl (C=O) groups excluding carboxylic acids is 1.